The molecule has 1 aromatic rings. The summed E-state index contributed by atoms with van der Waals surface area (Å²) >= 11 is 0. The zero-order valence-corrected chi connectivity index (χ0v) is 11.9. The topological polar surface area (TPSA) is 86.6 Å². The first-order valence-corrected chi connectivity index (χ1v) is 7.09. The Morgan fingerprint density at radius 3 is 2.14 bits per heavy atom. The Balaban J connectivity index is 1.68. The predicted octanol–water partition coefficient (Wildman–Crippen LogP) is 0.261. The normalized spacial score (nSPS) is 20.2. The lowest BCUT2D eigenvalue weighted by molar-refractivity contribution is -0.140. The number of hydrogen-bond donors (Lipinski definition) is 1. The zero-order chi connectivity index (χ0) is 15.0. The van der Waals surface area contributed by atoms with Crippen molar-refractivity contribution in [1.82, 2.24) is 14.9 Å². The van der Waals surface area contributed by atoms with Gasteiger partial charge >= 0.3 is 5.97 Å². The minimum Gasteiger partial charge on any atom is -0.481 e. The molecule has 1 saturated heterocycles. The second-order valence-corrected chi connectivity index (χ2v) is 5.65. The van der Waals surface area contributed by atoms with Crippen LogP contribution in [0.5, 0.6) is 0 Å². The number of nitrogens with zero attached hydrogens (tertiary/aromatic N) is 4. The van der Waals surface area contributed by atoms with Crippen LogP contribution in [-0.2, 0) is 15.0 Å². The number of aliphatic carboxylic acids is 1. The Bertz CT molecular complexity index is 560. The molecule has 0 unspecified atom stereocenters. The molecule has 7 heteroatoms. The molecular formula is C14H18N4O3. The summed E-state index contributed by atoms with van der Waals surface area (Å²) in [6, 6.07) is 0. The minimum atomic E-state index is -0.797. The largest absolute Gasteiger partial charge is 0.481 e. The lowest BCUT2D eigenvalue weighted by Crippen LogP contribution is -2.48. The number of carboxylic acid groups (broad SMARTS) is 1. The molecule has 112 valence electrons. The molecule has 0 spiro atoms. The van der Waals surface area contributed by atoms with Gasteiger partial charge in [-0.1, -0.05) is 0 Å². The van der Waals surface area contributed by atoms with Crippen molar-refractivity contribution >= 4 is 17.8 Å². The van der Waals surface area contributed by atoms with E-state index in [2.05, 4.69) is 9.97 Å². The van der Waals surface area contributed by atoms with Crippen LogP contribution in [0.2, 0.25) is 0 Å². The van der Waals surface area contributed by atoms with Crippen LogP contribution in [-0.4, -0.2) is 58.0 Å². The van der Waals surface area contributed by atoms with Crippen molar-refractivity contribution < 1.29 is 14.7 Å². The van der Waals surface area contributed by atoms with Gasteiger partial charge in [-0.25, -0.2) is 9.97 Å². The van der Waals surface area contributed by atoms with Gasteiger partial charge in [0.1, 0.15) is 0 Å². The number of carbonyl (C=O) groups excluding carboxylic acids is 1. The summed E-state index contributed by atoms with van der Waals surface area (Å²) in [5.41, 5.74) is -0.0765. The lowest BCUT2D eigenvalue weighted by atomic mass is 10.00. The first-order chi connectivity index (χ1) is 10.0. The molecule has 21 heavy (non-hydrogen) atoms. The monoisotopic (exact) mass is 290 g/mol. The molecule has 2 heterocycles. The molecule has 2 fully saturated rings. The molecule has 7 nitrogen and oxygen atoms in total. The number of carboxylic acids is 1. The summed E-state index contributed by atoms with van der Waals surface area (Å²) in [4.78, 5) is 35.0. The van der Waals surface area contributed by atoms with E-state index in [0.717, 1.165) is 0 Å². The van der Waals surface area contributed by atoms with Gasteiger partial charge in [0.05, 0.1) is 5.41 Å². The maximum Gasteiger partial charge on any atom is 0.314 e. The van der Waals surface area contributed by atoms with Crippen LogP contribution in [0.1, 0.15) is 25.3 Å². The standard InChI is InChI=1S/C14H18N4O3/c1-10(19)17-4-6-18(7-5-17)13-15-8-11(9-16-13)14(2-3-14)12(20)21/h8-9H,2-7H2,1H3,(H,20,21). The van der Waals surface area contributed by atoms with Crippen molar-refractivity contribution in [3.05, 3.63) is 18.0 Å². The second-order valence-electron chi connectivity index (χ2n) is 5.65. The molecule has 0 aromatic carbocycles. The van der Waals surface area contributed by atoms with E-state index in [-0.39, 0.29) is 5.91 Å². The third-order valence-corrected chi connectivity index (χ3v) is 4.36. The van der Waals surface area contributed by atoms with Crippen LogP contribution in [0.4, 0.5) is 5.95 Å². The molecule has 2 aliphatic rings. The van der Waals surface area contributed by atoms with Gasteiger partial charge in [-0.3, -0.25) is 9.59 Å². The first kappa shape index (κ1) is 13.8. The van der Waals surface area contributed by atoms with Crippen molar-refractivity contribution in [3.63, 3.8) is 0 Å². The van der Waals surface area contributed by atoms with Crippen LogP contribution >= 0.6 is 0 Å². The van der Waals surface area contributed by atoms with E-state index < -0.39 is 11.4 Å². The van der Waals surface area contributed by atoms with Gasteiger partial charge in [-0.15, -0.1) is 0 Å². The molecule has 1 saturated carbocycles. The number of hydrogen-bond acceptors (Lipinski definition) is 5. The van der Waals surface area contributed by atoms with Gasteiger partial charge in [-0.05, 0) is 12.8 Å². The summed E-state index contributed by atoms with van der Waals surface area (Å²) in [6.45, 7) is 4.30. The summed E-state index contributed by atoms with van der Waals surface area (Å²) in [6.07, 6.45) is 4.56. The van der Waals surface area contributed by atoms with E-state index in [1.54, 1.807) is 24.2 Å². The smallest absolute Gasteiger partial charge is 0.314 e. The third kappa shape index (κ3) is 2.43. The van der Waals surface area contributed by atoms with E-state index in [1.807, 2.05) is 4.90 Å². The van der Waals surface area contributed by atoms with Gasteiger partial charge in [0.15, 0.2) is 0 Å². The number of piperazine rings is 1. The van der Waals surface area contributed by atoms with Crippen LogP contribution in [0, 0.1) is 0 Å². The molecule has 1 aliphatic heterocycles. The van der Waals surface area contributed by atoms with Gasteiger partial charge in [0.25, 0.3) is 0 Å². The Morgan fingerprint density at radius 2 is 1.71 bits per heavy atom. The fourth-order valence-electron chi connectivity index (χ4n) is 2.70. The Labute approximate surface area is 122 Å². The van der Waals surface area contributed by atoms with Gasteiger partial charge < -0.3 is 14.9 Å². The lowest BCUT2D eigenvalue weighted by Gasteiger charge is -2.34. The summed E-state index contributed by atoms with van der Waals surface area (Å²) < 4.78 is 0. The summed E-state index contributed by atoms with van der Waals surface area (Å²) in [7, 11) is 0. The quantitative estimate of drug-likeness (QED) is 0.859. The SMILES string of the molecule is CC(=O)N1CCN(c2ncc(C3(C(=O)O)CC3)cn2)CC1. The number of rotatable bonds is 3. The fourth-order valence-corrected chi connectivity index (χ4v) is 2.70. The average molecular weight is 290 g/mol. The van der Waals surface area contributed by atoms with Gasteiger partial charge in [-0.2, -0.15) is 0 Å². The fraction of sp³-hybridized carbons (Fsp3) is 0.571. The maximum absolute atomic E-state index is 11.3. The van der Waals surface area contributed by atoms with Crippen LogP contribution < -0.4 is 4.90 Å². The molecule has 1 aliphatic carbocycles. The number of anilines is 1. The highest BCUT2D eigenvalue weighted by molar-refractivity contribution is 5.84. The third-order valence-electron chi connectivity index (χ3n) is 4.36. The highest BCUT2D eigenvalue weighted by atomic mass is 16.4. The van der Waals surface area contributed by atoms with Gasteiger partial charge in [0.2, 0.25) is 11.9 Å². The molecule has 1 aromatic heterocycles. The molecule has 3 rings (SSSR count). The average Bonchev–Trinajstić information content (AvgIpc) is 3.29. The highest BCUT2D eigenvalue weighted by Crippen LogP contribution is 2.48. The molecule has 1 N–H and O–H groups in total. The Kier molecular flexibility index (Phi) is 3.27. The Hall–Kier alpha value is -2.18. The molecule has 0 atom stereocenters. The van der Waals surface area contributed by atoms with E-state index in [9.17, 15) is 14.7 Å². The molecule has 1 amide bonds. The molecule has 0 bridgehead atoms. The van der Waals surface area contributed by atoms with Crippen LogP contribution in [0.15, 0.2) is 12.4 Å². The van der Waals surface area contributed by atoms with E-state index in [0.29, 0.717) is 50.5 Å². The van der Waals surface area contributed by atoms with Crippen molar-refractivity contribution in [2.75, 3.05) is 31.1 Å². The second kappa shape index (κ2) is 4.98. The predicted molar refractivity (Wildman–Crippen MR) is 75.0 cm³/mol. The van der Waals surface area contributed by atoms with Crippen molar-refractivity contribution in [1.29, 1.82) is 0 Å². The van der Waals surface area contributed by atoms with Crippen molar-refractivity contribution in [2.45, 2.75) is 25.2 Å². The molecule has 0 radical (unpaired) electrons. The maximum atomic E-state index is 11.3. The van der Waals surface area contributed by atoms with Crippen molar-refractivity contribution in [2.24, 2.45) is 0 Å². The molecular weight excluding hydrogens is 272 g/mol. The van der Waals surface area contributed by atoms with Crippen LogP contribution in [0.3, 0.4) is 0 Å². The van der Waals surface area contributed by atoms with Crippen molar-refractivity contribution in [3.8, 4) is 0 Å². The highest BCUT2D eigenvalue weighted by Gasteiger charge is 2.52. The zero-order valence-electron chi connectivity index (χ0n) is 11.9. The Morgan fingerprint density at radius 1 is 1.14 bits per heavy atom. The summed E-state index contributed by atoms with van der Waals surface area (Å²) in [5.74, 6) is -0.111. The first-order valence-electron chi connectivity index (χ1n) is 7.09. The van der Waals surface area contributed by atoms with Gasteiger partial charge in [0, 0.05) is 51.1 Å². The van der Waals surface area contributed by atoms with Crippen LogP contribution in [0.25, 0.3) is 0 Å². The van der Waals surface area contributed by atoms with E-state index in [1.165, 1.54) is 0 Å². The summed E-state index contributed by atoms with van der Waals surface area (Å²) in [5, 5.41) is 9.25. The number of aromatic nitrogens is 2. The number of amides is 1. The minimum absolute atomic E-state index is 0.0862. The number of carbonyl (C=O) groups is 2. The van der Waals surface area contributed by atoms with E-state index >= 15 is 0 Å². The van der Waals surface area contributed by atoms with E-state index in [4.69, 9.17) is 0 Å².